The van der Waals surface area contributed by atoms with Crippen molar-refractivity contribution >= 4 is 46.2 Å². The van der Waals surface area contributed by atoms with Crippen LogP contribution in [0.15, 0.2) is 64.6 Å². The number of ether oxygens (including phenoxy) is 1. The van der Waals surface area contributed by atoms with Crippen molar-refractivity contribution < 1.29 is 19.1 Å². The van der Waals surface area contributed by atoms with Crippen molar-refractivity contribution in [2.24, 2.45) is 9.98 Å². The normalized spacial score (nSPS) is 20.1. The Labute approximate surface area is 219 Å². The second-order valence-electron chi connectivity index (χ2n) is 9.07. The van der Waals surface area contributed by atoms with Gasteiger partial charge in [-0.05, 0) is 37.0 Å². The van der Waals surface area contributed by atoms with Crippen LogP contribution >= 0.6 is 11.8 Å². The molecule has 192 valence electrons. The van der Waals surface area contributed by atoms with E-state index in [1.54, 1.807) is 0 Å². The molecule has 0 aromatic heterocycles. The predicted molar refractivity (Wildman–Crippen MR) is 143 cm³/mol. The third kappa shape index (κ3) is 6.08. The van der Waals surface area contributed by atoms with Crippen molar-refractivity contribution in [1.29, 1.82) is 0 Å². The fourth-order valence-electron chi connectivity index (χ4n) is 4.48. The number of benzene rings is 2. The van der Waals surface area contributed by atoms with Crippen LogP contribution in [0.4, 0.5) is 5.69 Å². The molecular formula is C27H29N5O4S. The zero-order valence-electron chi connectivity index (χ0n) is 20.4. The topological polar surface area (TPSA) is 112 Å². The van der Waals surface area contributed by atoms with Crippen LogP contribution in [0.3, 0.4) is 0 Å². The monoisotopic (exact) mass is 519 g/mol. The van der Waals surface area contributed by atoms with Crippen LogP contribution in [-0.2, 0) is 25.5 Å². The third-order valence-electron chi connectivity index (χ3n) is 6.39. The van der Waals surface area contributed by atoms with Crippen LogP contribution in [0.25, 0.3) is 0 Å². The lowest BCUT2D eigenvalue weighted by atomic mass is 10.1. The SMILES string of the molecule is O=C(CSC1=Nc2ccccc2C2=NC(CC(=O)NCCc3ccccc3)C(=O)N12)NCC1CCCO1. The van der Waals surface area contributed by atoms with Crippen molar-refractivity contribution in [3.05, 3.63) is 65.7 Å². The van der Waals surface area contributed by atoms with E-state index in [2.05, 4.69) is 20.6 Å². The van der Waals surface area contributed by atoms with E-state index in [0.29, 0.717) is 36.2 Å². The number of aliphatic imine (C=N–C) groups is 2. The Morgan fingerprint density at radius 2 is 1.86 bits per heavy atom. The first-order valence-corrected chi connectivity index (χ1v) is 13.5. The Hall–Kier alpha value is -3.50. The molecule has 37 heavy (non-hydrogen) atoms. The third-order valence-corrected chi connectivity index (χ3v) is 7.33. The standard InChI is InChI=1S/C27H29N5O4S/c33-23(28-13-12-18-7-2-1-3-8-18)15-22-26(35)32-25(30-22)20-10-4-5-11-21(20)31-27(32)37-17-24(34)29-16-19-9-6-14-36-19/h1-5,7-8,10-11,19,22H,6,9,12-17H2,(H,28,33)(H,29,34). The predicted octanol–water partition coefficient (Wildman–Crippen LogP) is 2.42. The number of thioether (sulfide) groups is 1. The van der Waals surface area contributed by atoms with Gasteiger partial charge in [0.1, 0.15) is 11.9 Å². The number of nitrogens with zero attached hydrogens (tertiary/aromatic N) is 3. The molecule has 3 aliphatic heterocycles. The van der Waals surface area contributed by atoms with Gasteiger partial charge >= 0.3 is 0 Å². The van der Waals surface area contributed by atoms with E-state index in [-0.39, 0.29) is 36.0 Å². The van der Waals surface area contributed by atoms with E-state index >= 15 is 0 Å². The Balaban J connectivity index is 1.21. The smallest absolute Gasteiger partial charge is 0.259 e. The number of hydrogen-bond acceptors (Lipinski definition) is 7. The van der Waals surface area contributed by atoms with Crippen molar-refractivity contribution in [2.75, 3.05) is 25.4 Å². The maximum Gasteiger partial charge on any atom is 0.259 e. The molecule has 0 saturated carbocycles. The minimum atomic E-state index is -0.836. The highest BCUT2D eigenvalue weighted by Crippen LogP contribution is 2.34. The van der Waals surface area contributed by atoms with Crippen molar-refractivity contribution in [1.82, 2.24) is 15.5 Å². The van der Waals surface area contributed by atoms with Gasteiger partial charge in [-0.25, -0.2) is 9.89 Å². The number of amidine groups is 2. The zero-order chi connectivity index (χ0) is 25.6. The van der Waals surface area contributed by atoms with Gasteiger partial charge < -0.3 is 15.4 Å². The molecule has 2 atom stereocenters. The van der Waals surface area contributed by atoms with E-state index in [0.717, 1.165) is 30.6 Å². The van der Waals surface area contributed by atoms with Gasteiger partial charge in [-0.3, -0.25) is 19.4 Å². The highest BCUT2D eigenvalue weighted by molar-refractivity contribution is 8.14. The number of hydrogen-bond donors (Lipinski definition) is 2. The van der Waals surface area contributed by atoms with Gasteiger partial charge in [-0.15, -0.1) is 0 Å². The summed E-state index contributed by atoms with van der Waals surface area (Å²) in [6, 6.07) is 16.5. The first-order valence-electron chi connectivity index (χ1n) is 12.5. The summed E-state index contributed by atoms with van der Waals surface area (Å²) < 4.78 is 5.55. The average Bonchev–Trinajstić information content (AvgIpc) is 3.55. The highest BCUT2D eigenvalue weighted by Gasteiger charge is 2.42. The summed E-state index contributed by atoms with van der Waals surface area (Å²) in [7, 11) is 0. The first kappa shape index (κ1) is 25.2. The summed E-state index contributed by atoms with van der Waals surface area (Å²) in [4.78, 5) is 49.1. The van der Waals surface area contributed by atoms with E-state index in [1.807, 2.05) is 54.6 Å². The summed E-state index contributed by atoms with van der Waals surface area (Å²) in [5, 5.41) is 6.17. The van der Waals surface area contributed by atoms with Crippen LogP contribution in [0.2, 0.25) is 0 Å². The second kappa shape index (κ2) is 11.7. The van der Waals surface area contributed by atoms with Gasteiger partial charge in [0.05, 0.1) is 24.0 Å². The molecule has 3 aliphatic rings. The van der Waals surface area contributed by atoms with Gasteiger partial charge in [0.2, 0.25) is 11.8 Å². The summed E-state index contributed by atoms with van der Waals surface area (Å²) >= 11 is 1.19. The molecule has 0 bridgehead atoms. The molecule has 2 aromatic rings. The molecule has 2 aromatic carbocycles. The number of amides is 3. The van der Waals surface area contributed by atoms with E-state index in [9.17, 15) is 14.4 Å². The minimum Gasteiger partial charge on any atom is -0.376 e. The van der Waals surface area contributed by atoms with E-state index in [1.165, 1.54) is 16.7 Å². The molecule has 5 rings (SSSR count). The van der Waals surface area contributed by atoms with Gasteiger partial charge in [-0.1, -0.05) is 54.2 Å². The Morgan fingerprint density at radius 3 is 2.68 bits per heavy atom. The second-order valence-corrected chi connectivity index (χ2v) is 10.0. The van der Waals surface area contributed by atoms with Gasteiger partial charge in [0, 0.05) is 25.3 Å². The molecule has 9 nitrogen and oxygen atoms in total. The summed E-state index contributed by atoms with van der Waals surface area (Å²) in [5.74, 6) is -0.114. The summed E-state index contributed by atoms with van der Waals surface area (Å²) in [5.41, 5.74) is 2.54. The van der Waals surface area contributed by atoms with Crippen molar-refractivity contribution in [2.45, 2.75) is 37.8 Å². The number of carbonyl (C=O) groups is 3. The zero-order valence-corrected chi connectivity index (χ0v) is 21.2. The lowest BCUT2D eigenvalue weighted by molar-refractivity contribution is -0.128. The Bertz CT molecular complexity index is 1230. The molecule has 1 fully saturated rings. The van der Waals surface area contributed by atoms with Crippen molar-refractivity contribution in [3.8, 4) is 0 Å². The fraction of sp³-hybridized carbons (Fsp3) is 0.370. The van der Waals surface area contributed by atoms with Crippen LogP contribution in [0.5, 0.6) is 0 Å². The number of rotatable bonds is 9. The van der Waals surface area contributed by atoms with Gasteiger partial charge in [0.25, 0.3) is 5.91 Å². The van der Waals surface area contributed by atoms with Crippen LogP contribution in [-0.4, -0.2) is 71.2 Å². The number of carbonyl (C=O) groups excluding carboxylic acids is 3. The molecule has 0 aliphatic carbocycles. The molecule has 10 heteroatoms. The van der Waals surface area contributed by atoms with Crippen LogP contribution < -0.4 is 10.6 Å². The van der Waals surface area contributed by atoms with Gasteiger partial charge in [0.15, 0.2) is 5.17 Å². The molecule has 3 heterocycles. The molecular weight excluding hydrogens is 490 g/mol. The summed E-state index contributed by atoms with van der Waals surface area (Å²) in [6.07, 6.45) is 2.68. The fourth-order valence-corrected chi connectivity index (χ4v) is 5.32. The molecule has 3 amide bonds. The Kier molecular flexibility index (Phi) is 7.96. The van der Waals surface area contributed by atoms with Gasteiger partial charge in [-0.2, -0.15) is 0 Å². The number of para-hydroxylation sites is 1. The molecule has 0 radical (unpaired) electrons. The maximum absolute atomic E-state index is 13.4. The number of nitrogens with one attached hydrogen (secondary N) is 2. The summed E-state index contributed by atoms with van der Waals surface area (Å²) in [6.45, 7) is 1.69. The Morgan fingerprint density at radius 1 is 1.05 bits per heavy atom. The number of fused-ring (bicyclic) bond motifs is 3. The largest absolute Gasteiger partial charge is 0.376 e. The minimum absolute atomic E-state index is 0.0460. The quantitative estimate of drug-likeness (QED) is 0.529. The van der Waals surface area contributed by atoms with Crippen molar-refractivity contribution in [3.63, 3.8) is 0 Å². The molecule has 2 N–H and O–H groups in total. The van der Waals surface area contributed by atoms with E-state index < -0.39 is 6.04 Å². The van der Waals surface area contributed by atoms with Crippen LogP contribution in [0.1, 0.15) is 30.4 Å². The molecule has 2 unspecified atom stereocenters. The maximum atomic E-state index is 13.4. The average molecular weight is 520 g/mol. The molecule has 1 saturated heterocycles. The highest BCUT2D eigenvalue weighted by atomic mass is 32.2. The van der Waals surface area contributed by atoms with Crippen LogP contribution in [0, 0.1) is 0 Å². The lowest BCUT2D eigenvalue weighted by Crippen LogP contribution is -2.42. The first-order chi connectivity index (χ1) is 18.1. The lowest BCUT2D eigenvalue weighted by Gasteiger charge is -2.25. The molecule has 0 spiro atoms. The van der Waals surface area contributed by atoms with E-state index in [4.69, 9.17) is 4.74 Å².